The Morgan fingerprint density at radius 3 is 2.48 bits per heavy atom. The van der Waals surface area contributed by atoms with Crippen LogP contribution < -0.4 is 11.1 Å². The molecule has 2 rings (SSSR count). The van der Waals surface area contributed by atoms with Crippen molar-refractivity contribution in [2.75, 3.05) is 5.88 Å². The van der Waals surface area contributed by atoms with Crippen LogP contribution >= 0.6 is 11.8 Å². The van der Waals surface area contributed by atoms with E-state index < -0.39 is 34.4 Å². The van der Waals surface area contributed by atoms with Gasteiger partial charge in [0.25, 0.3) is 5.91 Å². The number of hydrogen-bond acceptors (Lipinski definition) is 5. The molecule has 1 aromatic carbocycles. The zero-order valence-corrected chi connectivity index (χ0v) is 17.5. The summed E-state index contributed by atoms with van der Waals surface area (Å²) >= 11 is 1.52. The Balaban J connectivity index is 2.13. The van der Waals surface area contributed by atoms with E-state index in [9.17, 15) is 14.7 Å². The van der Waals surface area contributed by atoms with E-state index in [1.807, 2.05) is 65.0 Å². The fourth-order valence-electron chi connectivity index (χ4n) is 3.20. The minimum atomic E-state index is -1.36. The van der Waals surface area contributed by atoms with Gasteiger partial charge in [-0.25, -0.2) is 0 Å². The lowest BCUT2D eigenvalue weighted by Crippen LogP contribution is -2.59. The van der Waals surface area contributed by atoms with Gasteiger partial charge in [-0.15, -0.1) is 11.8 Å². The Kier molecular flexibility index (Phi) is 6.60. The molecule has 1 aromatic rings. The summed E-state index contributed by atoms with van der Waals surface area (Å²) in [4.78, 5) is 27.3. The number of hydrogen-bond donors (Lipinski definition) is 3. The lowest BCUT2D eigenvalue weighted by Gasteiger charge is -2.34. The second kappa shape index (κ2) is 8.20. The van der Waals surface area contributed by atoms with Crippen molar-refractivity contribution in [1.29, 1.82) is 0 Å². The van der Waals surface area contributed by atoms with Crippen LogP contribution in [0, 0.1) is 0 Å². The van der Waals surface area contributed by atoms with Gasteiger partial charge in [0.05, 0.1) is 5.88 Å². The summed E-state index contributed by atoms with van der Waals surface area (Å²) in [6.07, 6.45) is -0.971. The van der Waals surface area contributed by atoms with Crippen molar-refractivity contribution in [3.8, 4) is 0 Å². The fourth-order valence-corrected chi connectivity index (χ4v) is 4.34. The molecule has 1 saturated heterocycles. The van der Waals surface area contributed by atoms with Crippen molar-refractivity contribution >= 4 is 23.6 Å². The third-order valence-corrected chi connectivity index (χ3v) is 5.92. The van der Waals surface area contributed by atoms with Crippen LogP contribution in [-0.4, -0.2) is 56.2 Å². The number of amides is 2. The Morgan fingerprint density at radius 2 is 1.93 bits per heavy atom. The maximum absolute atomic E-state index is 12.9. The first kappa shape index (κ1) is 21.7. The van der Waals surface area contributed by atoms with Crippen molar-refractivity contribution in [2.24, 2.45) is 5.73 Å². The quantitative estimate of drug-likeness (QED) is 0.705. The van der Waals surface area contributed by atoms with Gasteiger partial charge in [-0.2, -0.15) is 0 Å². The summed E-state index contributed by atoms with van der Waals surface area (Å²) in [5.74, 6) is -0.358. The Hall–Kier alpha value is -1.57. The minimum Gasteiger partial charge on any atom is -0.382 e. The van der Waals surface area contributed by atoms with Crippen LogP contribution in [0.3, 0.4) is 0 Å². The zero-order valence-electron chi connectivity index (χ0n) is 16.7. The second-order valence-corrected chi connectivity index (χ2v) is 10.2. The van der Waals surface area contributed by atoms with E-state index in [0.29, 0.717) is 12.3 Å². The van der Waals surface area contributed by atoms with Crippen molar-refractivity contribution in [3.05, 3.63) is 35.9 Å². The molecule has 150 valence electrons. The first-order valence-electron chi connectivity index (χ1n) is 9.16. The summed E-state index contributed by atoms with van der Waals surface area (Å²) in [5, 5.41) is 13.5. The minimum absolute atomic E-state index is 0.213. The third kappa shape index (κ3) is 5.46. The van der Waals surface area contributed by atoms with Crippen molar-refractivity contribution < 1.29 is 14.7 Å². The number of benzene rings is 1. The molecule has 4 N–H and O–H groups in total. The van der Waals surface area contributed by atoms with Crippen LogP contribution in [0.25, 0.3) is 0 Å². The molecule has 0 radical (unpaired) electrons. The van der Waals surface area contributed by atoms with Gasteiger partial charge >= 0.3 is 0 Å². The van der Waals surface area contributed by atoms with Crippen LogP contribution in [-0.2, 0) is 16.0 Å². The van der Waals surface area contributed by atoms with E-state index in [1.165, 1.54) is 16.7 Å². The molecule has 0 spiro atoms. The highest BCUT2D eigenvalue weighted by Gasteiger charge is 2.49. The molecule has 2 amide bonds. The number of nitrogens with two attached hydrogens (primary N) is 1. The van der Waals surface area contributed by atoms with E-state index in [-0.39, 0.29) is 5.91 Å². The van der Waals surface area contributed by atoms with E-state index in [0.717, 1.165) is 5.56 Å². The number of aliphatic hydroxyl groups is 1. The Labute approximate surface area is 165 Å². The summed E-state index contributed by atoms with van der Waals surface area (Å²) in [6.45, 7) is 9.58. The molecule has 1 fully saturated rings. The first-order chi connectivity index (χ1) is 12.4. The highest BCUT2D eigenvalue weighted by atomic mass is 32.2. The predicted octanol–water partition coefficient (Wildman–Crippen LogP) is 1.51. The average Bonchev–Trinajstić information content (AvgIpc) is 2.88. The number of nitrogens with zero attached hydrogens (tertiary/aromatic N) is 1. The largest absolute Gasteiger partial charge is 0.382 e. The molecule has 0 aromatic heterocycles. The monoisotopic (exact) mass is 393 g/mol. The molecule has 3 atom stereocenters. The Morgan fingerprint density at radius 1 is 1.33 bits per heavy atom. The highest BCUT2D eigenvalue weighted by Crippen LogP contribution is 2.40. The van der Waals surface area contributed by atoms with Crippen molar-refractivity contribution in [2.45, 2.75) is 69.5 Å². The fraction of sp³-hybridized carbons (Fsp3) is 0.600. The van der Waals surface area contributed by atoms with Gasteiger partial charge in [0.15, 0.2) is 0 Å². The smallest absolute Gasteiger partial charge is 0.254 e. The van der Waals surface area contributed by atoms with E-state index >= 15 is 0 Å². The molecule has 0 aliphatic carbocycles. The van der Waals surface area contributed by atoms with Crippen LogP contribution in [0.5, 0.6) is 0 Å². The zero-order chi connectivity index (χ0) is 20.4. The molecular weight excluding hydrogens is 362 g/mol. The average molecular weight is 394 g/mol. The van der Waals surface area contributed by atoms with Crippen molar-refractivity contribution in [1.82, 2.24) is 10.2 Å². The number of carbonyl (C=O) groups is 2. The maximum Gasteiger partial charge on any atom is 0.254 e. The Bertz CT molecular complexity index is 673. The molecule has 0 bridgehead atoms. The van der Waals surface area contributed by atoms with E-state index in [2.05, 4.69) is 5.32 Å². The number of rotatable bonds is 5. The summed E-state index contributed by atoms with van der Waals surface area (Å²) in [6, 6.07) is 8.11. The topological polar surface area (TPSA) is 95.7 Å². The molecule has 1 aliphatic rings. The molecule has 7 heteroatoms. The van der Waals surface area contributed by atoms with Gasteiger partial charge in [0.1, 0.15) is 12.1 Å². The molecule has 0 saturated carbocycles. The second-order valence-electron chi connectivity index (χ2n) is 8.63. The predicted molar refractivity (Wildman–Crippen MR) is 109 cm³/mol. The summed E-state index contributed by atoms with van der Waals surface area (Å²) in [7, 11) is 0. The lowest BCUT2D eigenvalue weighted by atomic mass is 9.97. The molecule has 1 heterocycles. The number of nitrogens with one attached hydrogen (secondary N) is 1. The van der Waals surface area contributed by atoms with Gasteiger partial charge in [-0.1, -0.05) is 30.3 Å². The molecular formula is C20H31N3O3S. The standard InChI is InChI=1S/C20H31N3O3S/c1-19(2,3)22-17(25)16-20(4,5)27-12-23(16)18(26)15(24)14(21)11-13-9-7-6-8-10-13/h6-10,14-16,24H,11-12,21H2,1-5H3,(H,22,25)/t14-,15-,16+/m0/s1. The SMILES string of the molecule is CC(C)(C)NC(=O)[C@H]1N(C(=O)[C@@H](O)[C@@H](N)Cc2ccccc2)CSC1(C)C. The molecule has 6 nitrogen and oxygen atoms in total. The summed E-state index contributed by atoms with van der Waals surface area (Å²) < 4.78 is -0.450. The number of carbonyl (C=O) groups excluding carboxylic acids is 2. The molecule has 1 aliphatic heterocycles. The van der Waals surface area contributed by atoms with Crippen LogP contribution in [0.4, 0.5) is 0 Å². The first-order valence-corrected chi connectivity index (χ1v) is 10.1. The lowest BCUT2D eigenvalue weighted by molar-refractivity contribution is -0.147. The van der Waals surface area contributed by atoms with Gasteiger partial charge in [0, 0.05) is 16.3 Å². The third-order valence-electron chi connectivity index (χ3n) is 4.55. The highest BCUT2D eigenvalue weighted by molar-refractivity contribution is 8.00. The van der Waals surface area contributed by atoms with Gasteiger partial charge in [-0.05, 0) is 46.6 Å². The van der Waals surface area contributed by atoms with Gasteiger partial charge in [0.2, 0.25) is 5.91 Å². The van der Waals surface area contributed by atoms with E-state index in [4.69, 9.17) is 5.73 Å². The summed E-state index contributed by atoms with van der Waals surface area (Å²) in [5.41, 5.74) is 6.65. The normalized spacial score (nSPS) is 21.6. The van der Waals surface area contributed by atoms with Crippen LogP contribution in [0.1, 0.15) is 40.2 Å². The maximum atomic E-state index is 12.9. The number of thioether (sulfide) groups is 1. The number of aliphatic hydroxyl groups excluding tert-OH is 1. The van der Waals surface area contributed by atoms with Gasteiger partial charge < -0.3 is 21.1 Å². The van der Waals surface area contributed by atoms with E-state index in [1.54, 1.807) is 0 Å². The van der Waals surface area contributed by atoms with Crippen LogP contribution in [0.15, 0.2) is 30.3 Å². The molecule has 27 heavy (non-hydrogen) atoms. The van der Waals surface area contributed by atoms with Crippen LogP contribution in [0.2, 0.25) is 0 Å². The van der Waals surface area contributed by atoms with Crippen molar-refractivity contribution in [3.63, 3.8) is 0 Å². The molecule has 0 unspecified atom stereocenters. The van der Waals surface area contributed by atoms with Gasteiger partial charge in [-0.3, -0.25) is 9.59 Å².